The summed E-state index contributed by atoms with van der Waals surface area (Å²) in [6, 6.07) is 3.79. The second-order valence-corrected chi connectivity index (χ2v) is 3.58. The van der Waals surface area contributed by atoms with E-state index in [-0.39, 0.29) is 12.1 Å². The van der Waals surface area contributed by atoms with Crippen LogP contribution in [0.1, 0.15) is 5.56 Å². The second kappa shape index (κ2) is 5.66. The molecule has 0 heterocycles. The predicted octanol–water partition coefficient (Wildman–Crippen LogP) is 1.06. The largest absolute Gasteiger partial charge is 0.280 e. The van der Waals surface area contributed by atoms with Gasteiger partial charge in [-0.2, -0.15) is 0 Å². The molecule has 1 aromatic carbocycles. The molecule has 0 N–H and O–H groups in total. The summed E-state index contributed by atoms with van der Waals surface area (Å²) in [5, 5.41) is 31.3. The van der Waals surface area contributed by atoms with Gasteiger partial charge in [-0.15, -0.1) is 0 Å². The molecule has 9 nitrogen and oxygen atoms in total. The Morgan fingerprint density at radius 3 is 1.94 bits per heavy atom. The SMILES string of the molecule is O=[N+]([O-])CC(Cc1ccc([N+](=O)[O-])cc1)[N+](=O)[O-]. The minimum Gasteiger partial charge on any atom is -0.264 e. The van der Waals surface area contributed by atoms with Gasteiger partial charge in [0.2, 0.25) is 0 Å². The van der Waals surface area contributed by atoms with Gasteiger partial charge >= 0.3 is 0 Å². The standard InChI is InChI=1S/C9H9N3O6/c13-10(14)6-9(12(17)18)5-7-1-3-8(4-2-7)11(15)16/h1-4,9H,5-6H2. The lowest BCUT2D eigenvalue weighted by Crippen LogP contribution is -2.30. The number of nitro benzene ring substituents is 1. The monoisotopic (exact) mass is 255 g/mol. The normalized spacial score (nSPS) is 11.8. The smallest absolute Gasteiger partial charge is 0.264 e. The van der Waals surface area contributed by atoms with Crippen molar-refractivity contribution in [2.24, 2.45) is 0 Å². The van der Waals surface area contributed by atoms with E-state index >= 15 is 0 Å². The highest BCUT2D eigenvalue weighted by molar-refractivity contribution is 5.33. The highest BCUT2D eigenvalue weighted by atomic mass is 16.6. The van der Waals surface area contributed by atoms with E-state index < -0.39 is 27.4 Å². The second-order valence-electron chi connectivity index (χ2n) is 3.58. The molecule has 18 heavy (non-hydrogen) atoms. The summed E-state index contributed by atoms with van der Waals surface area (Å²) in [6.07, 6.45) is -0.133. The van der Waals surface area contributed by atoms with Gasteiger partial charge in [0.1, 0.15) is 0 Å². The van der Waals surface area contributed by atoms with Crippen LogP contribution >= 0.6 is 0 Å². The lowest BCUT2D eigenvalue weighted by molar-refractivity contribution is -0.587. The third-order valence-electron chi connectivity index (χ3n) is 2.28. The average Bonchev–Trinajstić information content (AvgIpc) is 2.28. The van der Waals surface area contributed by atoms with Crippen molar-refractivity contribution in [2.45, 2.75) is 12.5 Å². The van der Waals surface area contributed by atoms with E-state index in [0.717, 1.165) is 0 Å². The maximum Gasteiger partial charge on any atom is 0.280 e. The van der Waals surface area contributed by atoms with E-state index in [1.165, 1.54) is 24.3 Å². The number of hydrogen-bond acceptors (Lipinski definition) is 6. The molecule has 0 saturated heterocycles. The van der Waals surface area contributed by atoms with E-state index in [1.54, 1.807) is 0 Å². The van der Waals surface area contributed by atoms with E-state index in [1.807, 2.05) is 0 Å². The quantitative estimate of drug-likeness (QED) is 0.551. The van der Waals surface area contributed by atoms with Crippen molar-refractivity contribution < 1.29 is 14.8 Å². The molecule has 0 bridgehead atoms. The molecule has 1 aromatic rings. The molecule has 0 aliphatic carbocycles. The Kier molecular flexibility index (Phi) is 4.24. The molecule has 0 fully saturated rings. The summed E-state index contributed by atoms with van der Waals surface area (Å²) < 4.78 is 0. The number of hydrogen-bond donors (Lipinski definition) is 0. The molecule has 9 heteroatoms. The van der Waals surface area contributed by atoms with E-state index in [9.17, 15) is 30.3 Å². The molecule has 1 atom stereocenters. The zero-order valence-electron chi connectivity index (χ0n) is 9.09. The van der Waals surface area contributed by atoms with Crippen LogP contribution < -0.4 is 0 Å². The molecule has 1 rings (SSSR count). The Labute approximate surface area is 100 Å². The molecule has 0 saturated carbocycles. The zero-order chi connectivity index (χ0) is 13.7. The van der Waals surface area contributed by atoms with Gasteiger partial charge in [0.05, 0.1) is 4.92 Å². The van der Waals surface area contributed by atoms with E-state index in [0.29, 0.717) is 5.56 Å². The van der Waals surface area contributed by atoms with Crippen LogP contribution in [-0.4, -0.2) is 27.4 Å². The molecule has 0 amide bonds. The van der Waals surface area contributed by atoms with Crippen molar-refractivity contribution in [1.82, 2.24) is 0 Å². The lowest BCUT2D eigenvalue weighted by atomic mass is 10.1. The van der Waals surface area contributed by atoms with Crippen LogP contribution in [0.15, 0.2) is 24.3 Å². The number of benzene rings is 1. The summed E-state index contributed by atoms with van der Waals surface area (Å²) >= 11 is 0. The van der Waals surface area contributed by atoms with Crippen LogP contribution in [0.25, 0.3) is 0 Å². The van der Waals surface area contributed by atoms with Gasteiger partial charge in [0.25, 0.3) is 18.3 Å². The minimum absolute atomic E-state index is 0.133. The third kappa shape index (κ3) is 3.77. The van der Waals surface area contributed by atoms with Crippen molar-refractivity contribution in [1.29, 1.82) is 0 Å². The highest BCUT2D eigenvalue weighted by Gasteiger charge is 2.26. The van der Waals surface area contributed by atoms with Crippen molar-refractivity contribution in [3.05, 3.63) is 60.2 Å². The van der Waals surface area contributed by atoms with Crippen LogP contribution in [0.3, 0.4) is 0 Å². The summed E-state index contributed by atoms with van der Waals surface area (Å²) in [5.41, 5.74) is 0.315. The number of nitrogens with zero attached hydrogens (tertiary/aromatic N) is 3. The molecule has 0 radical (unpaired) electrons. The van der Waals surface area contributed by atoms with Crippen LogP contribution in [0.4, 0.5) is 5.69 Å². The van der Waals surface area contributed by atoms with Gasteiger partial charge in [-0.3, -0.25) is 30.3 Å². The topological polar surface area (TPSA) is 129 Å². The average molecular weight is 255 g/mol. The first kappa shape index (κ1) is 13.5. The molecule has 96 valence electrons. The zero-order valence-corrected chi connectivity index (χ0v) is 9.09. The first-order valence-electron chi connectivity index (χ1n) is 4.88. The fourth-order valence-electron chi connectivity index (χ4n) is 1.40. The Balaban J connectivity index is 2.78. The molecule has 1 unspecified atom stereocenters. The van der Waals surface area contributed by atoms with Crippen LogP contribution in [-0.2, 0) is 6.42 Å². The Hall–Kier alpha value is -2.58. The van der Waals surface area contributed by atoms with Crippen molar-refractivity contribution in [2.75, 3.05) is 6.54 Å². The molecule has 0 aliphatic rings. The lowest BCUT2D eigenvalue weighted by Gasteiger charge is -2.05. The fraction of sp³-hybridized carbons (Fsp3) is 0.333. The Morgan fingerprint density at radius 2 is 1.56 bits per heavy atom. The minimum atomic E-state index is -1.33. The van der Waals surface area contributed by atoms with Crippen LogP contribution in [0.5, 0.6) is 0 Å². The summed E-state index contributed by atoms with van der Waals surface area (Å²) in [5.74, 6) is 0. The molecular formula is C9H9N3O6. The number of non-ortho nitro benzene ring substituents is 1. The molecule has 0 spiro atoms. The summed E-state index contributed by atoms with van der Waals surface area (Å²) in [4.78, 5) is 29.2. The third-order valence-corrected chi connectivity index (χ3v) is 2.28. The van der Waals surface area contributed by atoms with Gasteiger partial charge in [0.15, 0.2) is 0 Å². The van der Waals surface area contributed by atoms with Crippen molar-refractivity contribution in [3.63, 3.8) is 0 Å². The Morgan fingerprint density at radius 1 is 1.00 bits per heavy atom. The van der Waals surface area contributed by atoms with Crippen LogP contribution in [0, 0.1) is 30.3 Å². The number of rotatable bonds is 6. The van der Waals surface area contributed by atoms with Crippen molar-refractivity contribution >= 4 is 5.69 Å². The maximum absolute atomic E-state index is 10.6. The maximum atomic E-state index is 10.6. The van der Waals surface area contributed by atoms with E-state index in [4.69, 9.17) is 0 Å². The Bertz CT molecular complexity index is 472. The first-order chi connectivity index (χ1) is 8.40. The van der Waals surface area contributed by atoms with Gasteiger partial charge in [-0.1, -0.05) is 12.1 Å². The van der Waals surface area contributed by atoms with Gasteiger partial charge in [0, 0.05) is 28.4 Å². The molecule has 0 aromatic heterocycles. The summed E-state index contributed by atoms with van der Waals surface area (Å²) in [6.45, 7) is -0.774. The summed E-state index contributed by atoms with van der Waals surface area (Å²) in [7, 11) is 0. The fourth-order valence-corrected chi connectivity index (χ4v) is 1.40. The highest BCUT2D eigenvalue weighted by Crippen LogP contribution is 2.14. The van der Waals surface area contributed by atoms with Gasteiger partial charge < -0.3 is 0 Å². The first-order valence-corrected chi connectivity index (χ1v) is 4.88. The van der Waals surface area contributed by atoms with Crippen molar-refractivity contribution in [3.8, 4) is 0 Å². The van der Waals surface area contributed by atoms with Gasteiger partial charge in [-0.05, 0) is 5.56 Å². The predicted molar refractivity (Wildman–Crippen MR) is 59.4 cm³/mol. The van der Waals surface area contributed by atoms with Gasteiger partial charge in [-0.25, -0.2) is 0 Å². The van der Waals surface area contributed by atoms with Crippen LogP contribution in [0.2, 0.25) is 0 Å². The number of nitro groups is 3. The molecular weight excluding hydrogens is 246 g/mol. The molecule has 0 aliphatic heterocycles. The van der Waals surface area contributed by atoms with E-state index in [2.05, 4.69) is 0 Å².